The molecule has 1 aliphatic heterocycles. The van der Waals surface area contributed by atoms with E-state index < -0.39 is 125 Å². The van der Waals surface area contributed by atoms with Crippen LogP contribution in [0.25, 0.3) is 0 Å². The molecule has 15 nitrogen and oxygen atoms in total. The maximum absolute atomic E-state index is 13.8. The van der Waals surface area contributed by atoms with Gasteiger partial charge in [-0.1, -0.05) is 34.6 Å². The molecule has 0 bridgehead atoms. The largest absolute Gasteiger partial charge is 0.506 e. The minimum Gasteiger partial charge on any atom is -0.506 e. The zero-order chi connectivity index (χ0) is 42.8. The molecule has 15 atom stereocenters. The summed E-state index contributed by atoms with van der Waals surface area (Å²) in [7, 11) is 0. The molecule has 4 unspecified atom stereocenters. The molecule has 5 fully saturated rings. The van der Waals surface area contributed by atoms with Crippen molar-refractivity contribution >= 4 is 5.78 Å². The van der Waals surface area contributed by atoms with Gasteiger partial charge < -0.3 is 70.4 Å². The summed E-state index contributed by atoms with van der Waals surface area (Å²) in [6, 6.07) is 0. The summed E-state index contributed by atoms with van der Waals surface area (Å²) in [5, 5.41) is 117. The first-order valence-electron chi connectivity index (χ1n) is 20.7. The maximum Gasteiger partial charge on any atom is 0.259 e. The molecule has 4 aliphatic carbocycles. The summed E-state index contributed by atoms with van der Waals surface area (Å²) in [5.41, 5.74) is -4.25. The third-order valence-electron chi connectivity index (χ3n) is 15.8. The molecule has 0 spiro atoms. The normalized spacial score (nSPS) is 42.2. The average molecular weight is 815 g/mol. The van der Waals surface area contributed by atoms with Crippen molar-refractivity contribution < 1.29 is 75.2 Å². The van der Waals surface area contributed by atoms with Gasteiger partial charge in [-0.05, 0) is 99.7 Å². The van der Waals surface area contributed by atoms with Crippen molar-refractivity contribution in [3.63, 3.8) is 0 Å². The van der Waals surface area contributed by atoms with Crippen molar-refractivity contribution in [2.75, 3.05) is 13.2 Å². The summed E-state index contributed by atoms with van der Waals surface area (Å²) in [4.78, 5) is 13.8. The van der Waals surface area contributed by atoms with Crippen molar-refractivity contribution in [2.45, 2.75) is 174 Å². The number of aliphatic hydroxyl groups excluding tert-OH is 10. The van der Waals surface area contributed by atoms with E-state index in [1.54, 1.807) is 13.8 Å². The number of Topliss-reactive ketones (excluding diaryl/α,β-unsaturated/α-hetero) is 1. The van der Waals surface area contributed by atoms with Crippen molar-refractivity contribution in [2.24, 2.45) is 45.3 Å². The Morgan fingerprint density at radius 3 is 2.00 bits per heavy atom. The number of fused-ring (bicyclic) bond motifs is 5. The molecule has 5 rings (SSSR count). The molecule has 0 radical (unpaired) electrons. The molecule has 0 aromatic heterocycles. The van der Waals surface area contributed by atoms with Gasteiger partial charge in [0, 0.05) is 43.8 Å². The third-order valence-corrected chi connectivity index (χ3v) is 15.8. The second kappa shape index (κ2) is 16.1. The number of ether oxygens (including phenoxy) is 3. The first kappa shape index (κ1) is 46.0. The quantitative estimate of drug-likeness (QED) is 0.0889. The monoisotopic (exact) mass is 814 g/mol. The van der Waals surface area contributed by atoms with Crippen LogP contribution >= 0.6 is 0 Å². The van der Waals surface area contributed by atoms with E-state index in [9.17, 15) is 55.9 Å². The van der Waals surface area contributed by atoms with Crippen molar-refractivity contribution in [1.82, 2.24) is 0 Å². The Morgan fingerprint density at radius 2 is 1.44 bits per heavy atom. The van der Waals surface area contributed by atoms with Crippen LogP contribution in [-0.2, 0) is 19.0 Å². The van der Waals surface area contributed by atoms with E-state index in [0.29, 0.717) is 32.1 Å². The van der Waals surface area contributed by atoms with Crippen LogP contribution in [0, 0.1) is 45.3 Å². The number of hydrogen-bond acceptors (Lipinski definition) is 15. The highest BCUT2D eigenvalue weighted by Gasteiger charge is 2.74. The fourth-order valence-corrected chi connectivity index (χ4v) is 12.8. The summed E-state index contributed by atoms with van der Waals surface area (Å²) in [6.07, 6.45) is -6.60. The minimum absolute atomic E-state index is 0.00124. The summed E-state index contributed by atoms with van der Waals surface area (Å²) < 4.78 is 18.6. The maximum atomic E-state index is 13.8. The fourth-order valence-electron chi connectivity index (χ4n) is 12.8. The second-order valence-corrected chi connectivity index (χ2v) is 19.9. The third kappa shape index (κ3) is 7.76. The topological polar surface area (TPSA) is 267 Å². The Labute approximate surface area is 336 Å². The van der Waals surface area contributed by atoms with E-state index >= 15 is 0 Å². The summed E-state index contributed by atoms with van der Waals surface area (Å²) in [6.45, 7) is 14.7. The van der Waals surface area contributed by atoms with E-state index in [1.807, 2.05) is 13.8 Å². The Bertz CT molecular complexity index is 1540. The van der Waals surface area contributed by atoms with Gasteiger partial charge in [-0.15, -0.1) is 0 Å². The molecular weight excluding hydrogens is 744 g/mol. The standard InChI is InChI=1S/C42H70O15/c1-37(2)27(48)10-14-39(5)26-19-24(47)29-21(42(8)16-11-28(57-42)38(3,4)54)9-15-40(29,6)41(26,7)20-25(34(37)39)55-36(53)33(31(50)23(46)13-18-44)56-35(52)32(51)30(49)22(45)12-17-43/h21-26,28-29,34-36,43-47,49-54H,9-20H2,1-8H3/b32-30-,33-31-/t21?,22-,23-,24+,25-,26?,28+,29?,34?,35+,36+,39+,40+,41+,42-/m0/s1. The summed E-state index contributed by atoms with van der Waals surface area (Å²) in [5.74, 6) is -5.25. The van der Waals surface area contributed by atoms with Gasteiger partial charge in [-0.25, -0.2) is 0 Å². The Morgan fingerprint density at radius 1 is 0.842 bits per heavy atom. The van der Waals surface area contributed by atoms with Gasteiger partial charge in [0.05, 0.1) is 29.5 Å². The molecule has 328 valence electrons. The number of ketones is 1. The average Bonchev–Trinajstić information content (AvgIpc) is 3.72. The molecule has 4 saturated carbocycles. The lowest BCUT2D eigenvalue weighted by Gasteiger charge is -2.71. The van der Waals surface area contributed by atoms with Crippen LogP contribution in [0.4, 0.5) is 0 Å². The van der Waals surface area contributed by atoms with Gasteiger partial charge in [0.25, 0.3) is 6.29 Å². The second-order valence-electron chi connectivity index (χ2n) is 19.9. The first-order valence-corrected chi connectivity index (χ1v) is 20.7. The number of aliphatic hydroxyl groups is 11. The zero-order valence-corrected chi connectivity index (χ0v) is 34.9. The van der Waals surface area contributed by atoms with E-state index in [1.165, 1.54) is 0 Å². The minimum atomic E-state index is -2.51. The smallest absolute Gasteiger partial charge is 0.259 e. The Hall–Kier alpha value is -2.05. The highest BCUT2D eigenvalue weighted by Crippen LogP contribution is 2.76. The molecule has 57 heavy (non-hydrogen) atoms. The van der Waals surface area contributed by atoms with Crippen molar-refractivity contribution in [1.29, 1.82) is 0 Å². The molecular formula is C42H70O15. The van der Waals surface area contributed by atoms with Crippen LogP contribution in [0.5, 0.6) is 0 Å². The van der Waals surface area contributed by atoms with Crippen LogP contribution < -0.4 is 0 Å². The van der Waals surface area contributed by atoms with Gasteiger partial charge in [-0.2, -0.15) is 0 Å². The van der Waals surface area contributed by atoms with Gasteiger partial charge >= 0.3 is 0 Å². The number of carbonyl (C=O) groups is 1. The van der Waals surface area contributed by atoms with Crippen molar-refractivity contribution in [3.05, 3.63) is 23.0 Å². The van der Waals surface area contributed by atoms with Crippen LogP contribution in [0.15, 0.2) is 23.0 Å². The molecule has 5 aliphatic rings. The lowest BCUT2D eigenvalue weighted by molar-refractivity contribution is -0.286. The number of hydrogen-bond donors (Lipinski definition) is 11. The lowest BCUT2D eigenvalue weighted by atomic mass is 9.34. The molecule has 1 saturated heterocycles. The zero-order valence-electron chi connectivity index (χ0n) is 34.9. The van der Waals surface area contributed by atoms with E-state index in [2.05, 4.69) is 27.7 Å². The van der Waals surface area contributed by atoms with E-state index in [-0.39, 0.29) is 29.6 Å². The van der Waals surface area contributed by atoms with E-state index in [4.69, 9.17) is 19.3 Å². The molecule has 15 heteroatoms. The molecule has 0 aromatic rings. The number of rotatable bonds is 14. The number of carbonyl (C=O) groups excluding carboxylic acids is 1. The van der Waals surface area contributed by atoms with Gasteiger partial charge in [0.15, 0.2) is 17.3 Å². The Kier molecular flexibility index (Phi) is 13.0. The molecule has 0 aromatic carbocycles. The van der Waals surface area contributed by atoms with Crippen molar-refractivity contribution in [3.8, 4) is 0 Å². The van der Waals surface area contributed by atoms with Gasteiger partial charge in [0.2, 0.25) is 12.0 Å². The summed E-state index contributed by atoms with van der Waals surface area (Å²) >= 11 is 0. The van der Waals surface area contributed by atoms with Crippen LogP contribution in [0.3, 0.4) is 0 Å². The van der Waals surface area contributed by atoms with Gasteiger partial charge in [0.1, 0.15) is 18.0 Å². The van der Waals surface area contributed by atoms with Crippen LogP contribution in [0.2, 0.25) is 0 Å². The van der Waals surface area contributed by atoms with Crippen LogP contribution in [-0.4, -0.2) is 129 Å². The fraction of sp³-hybridized carbons (Fsp3) is 0.881. The van der Waals surface area contributed by atoms with Crippen LogP contribution in [0.1, 0.15) is 120 Å². The van der Waals surface area contributed by atoms with Gasteiger partial charge in [-0.3, -0.25) is 4.79 Å². The highest BCUT2D eigenvalue weighted by atomic mass is 16.7. The molecule has 11 N–H and O–H groups in total. The van der Waals surface area contributed by atoms with E-state index in [0.717, 1.165) is 19.3 Å². The lowest BCUT2D eigenvalue weighted by Crippen LogP contribution is -2.70. The predicted molar refractivity (Wildman–Crippen MR) is 205 cm³/mol. The highest BCUT2D eigenvalue weighted by molar-refractivity contribution is 5.85. The first-order chi connectivity index (χ1) is 26.2. The Balaban J connectivity index is 1.56. The molecule has 0 amide bonds. The molecule has 1 heterocycles. The predicted octanol–water partition coefficient (Wildman–Crippen LogP) is 3.15. The SMILES string of the molecule is CC1(C)C(=O)CC[C@@]2(C)C1[C@@H](O[C@@H](O)/C(O[C@@H](O)/C(O)=C(/O)[C@@H](O)CCO)=C(/O)[C@@H](O)CCO)C[C@]1(C)C2C[C@@H](O)C2C([C@]3(C)CC[C@H](C(C)(C)O)O3)CC[C@]21C.